The summed E-state index contributed by atoms with van der Waals surface area (Å²) in [7, 11) is 1.67. The number of nitrogens with zero attached hydrogens (tertiary/aromatic N) is 1. The Kier molecular flexibility index (Phi) is 7.23. The summed E-state index contributed by atoms with van der Waals surface area (Å²) in [5, 5.41) is 2.92. The minimum Gasteiger partial charge on any atom is -0.385 e. The zero-order chi connectivity index (χ0) is 13.4. The third-order valence-corrected chi connectivity index (χ3v) is 3.57. The van der Waals surface area contributed by atoms with Crippen LogP contribution in [0.5, 0.6) is 0 Å². The molecule has 1 aliphatic rings. The molecule has 1 fully saturated rings. The van der Waals surface area contributed by atoms with Gasteiger partial charge in [0, 0.05) is 32.8 Å². The van der Waals surface area contributed by atoms with Crippen LogP contribution >= 0.6 is 0 Å². The number of ether oxygens (including phenoxy) is 1. The largest absolute Gasteiger partial charge is 0.385 e. The molecule has 5 nitrogen and oxygen atoms in total. The number of piperidine rings is 1. The topological polar surface area (TPSA) is 67.6 Å². The molecule has 0 aromatic rings. The van der Waals surface area contributed by atoms with Crippen molar-refractivity contribution in [2.45, 2.75) is 32.2 Å². The summed E-state index contributed by atoms with van der Waals surface area (Å²) in [5.41, 5.74) is 5.78. The molecule has 2 unspecified atom stereocenters. The lowest BCUT2D eigenvalue weighted by Crippen LogP contribution is -2.50. The number of nitrogens with one attached hydrogen (secondary N) is 1. The van der Waals surface area contributed by atoms with Crippen molar-refractivity contribution in [1.29, 1.82) is 0 Å². The van der Waals surface area contributed by atoms with Crippen molar-refractivity contribution in [3.63, 3.8) is 0 Å². The van der Waals surface area contributed by atoms with Crippen LogP contribution in [0.15, 0.2) is 0 Å². The maximum atomic E-state index is 11.8. The number of likely N-dealkylation sites (tertiary alicyclic amines) is 1. The summed E-state index contributed by atoms with van der Waals surface area (Å²) >= 11 is 0. The van der Waals surface area contributed by atoms with E-state index >= 15 is 0 Å². The van der Waals surface area contributed by atoms with Gasteiger partial charge in [-0.25, -0.2) is 0 Å². The van der Waals surface area contributed by atoms with Gasteiger partial charge in [-0.15, -0.1) is 0 Å². The number of carbonyl (C=O) groups is 1. The van der Waals surface area contributed by atoms with Crippen LogP contribution in [-0.4, -0.2) is 56.7 Å². The van der Waals surface area contributed by atoms with Crippen LogP contribution in [0, 0.1) is 5.92 Å². The van der Waals surface area contributed by atoms with Gasteiger partial charge in [0.1, 0.15) is 0 Å². The van der Waals surface area contributed by atoms with E-state index in [2.05, 4.69) is 17.1 Å². The zero-order valence-corrected chi connectivity index (χ0v) is 11.7. The maximum Gasteiger partial charge on any atom is 0.234 e. The second kappa shape index (κ2) is 8.45. The fraction of sp³-hybridized carbons (Fsp3) is 0.923. The summed E-state index contributed by atoms with van der Waals surface area (Å²) in [6.45, 7) is 5.72. The van der Waals surface area contributed by atoms with Gasteiger partial charge in [0.05, 0.1) is 6.54 Å². The molecule has 0 saturated carbocycles. The predicted octanol–water partition coefficient (Wildman–Crippen LogP) is 0.198. The van der Waals surface area contributed by atoms with Crippen LogP contribution in [0.25, 0.3) is 0 Å². The van der Waals surface area contributed by atoms with Gasteiger partial charge >= 0.3 is 0 Å². The van der Waals surface area contributed by atoms with E-state index in [1.807, 2.05) is 0 Å². The monoisotopic (exact) mass is 257 g/mol. The number of amides is 1. The minimum absolute atomic E-state index is 0.0964. The lowest BCUT2D eigenvalue weighted by atomic mass is 9.92. The molecule has 0 aromatic heterocycles. The number of hydrogen-bond donors (Lipinski definition) is 2. The van der Waals surface area contributed by atoms with E-state index in [4.69, 9.17) is 10.5 Å². The number of nitrogens with two attached hydrogens (primary N) is 1. The van der Waals surface area contributed by atoms with E-state index < -0.39 is 0 Å². The molecule has 0 bridgehead atoms. The van der Waals surface area contributed by atoms with Crippen molar-refractivity contribution in [2.75, 3.05) is 39.9 Å². The first kappa shape index (κ1) is 15.4. The number of hydrogen-bond acceptors (Lipinski definition) is 4. The Bertz CT molecular complexity index is 248. The van der Waals surface area contributed by atoms with Crippen LogP contribution in [0.4, 0.5) is 0 Å². The Hall–Kier alpha value is -0.650. The smallest absolute Gasteiger partial charge is 0.234 e. The molecule has 106 valence electrons. The SMILES string of the molecule is COCCCNC(=O)CN1CCC(C)CC1CN. The Morgan fingerprint density at radius 3 is 3.00 bits per heavy atom. The standard InChI is InChI=1S/C13H27N3O2/c1-11-4-6-16(12(8-11)9-14)10-13(17)15-5-3-7-18-2/h11-12H,3-10,14H2,1-2H3,(H,15,17). The second-order valence-electron chi connectivity index (χ2n) is 5.19. The summed E-state index contributed by atoms with van der Waals surface area (Å²) < 4.78 is 4.94. The van der Waals surface area contributed by atoms with E-state index in [-0.39, 0.29) is 5.91 Å². The van der Waals surface area contributed by atoms with Gasteiger partial charge in [-0.05, 0) is 31.7 Å². The van der Waals surface area contributed by atoms with Gasteiger partial charge in [0.2, 0.25) is 5.91 Å². The highest BCUT2D eigenvalue weighted by Crippen LogP contribution is 2.21. The molecule has 1 heterocycles. The number of rotatable bonds is 7. The van der Waals surface area contributed by atoms with Gasteiger partial charge in [0.15, 0.2) is 0 Å². The molecular formula is C13H27N3O2. The second-order valence-corrected chi connectivity index (χ2v) is 5.19. The molecule has 0 radical (unpaired) electrons. The summed E-state index contributed by atoms with van der Waals surface area (Å²) in [6.07, 6.45) is 3.13. The number of methoxy groups -OCH3 is 1. The average molecular weight is 257 g/mol. The fourth-order valence-corrected chi connectivity index (χ4v) is 2.44. The van der Waals surface area contributed by atoms with E-state index in [1.54, 1.807) is 7.11 Å². The molecule has 3 N–H and O–H groups in total. The van der Waals surface area contributed by atoms with Crippen molar-refractivity contribution in [1.82, 2.24) is 10.2 Å². The summed E-state index contributed by atoms with van der Waals surface area (Å²) in [6, 6.07) is 0.360. The Labute approximate surface area is 110 Å². The van der Waals surface area contributed by atoms with E-state index in [9.17, 15) is 4.79 Å². The molecule has 2 atom stereocenters. The highest BCUT2D eigenvalue weighted by Gasteiger charge is 2.26. The first-order valence-corrected chi connectivity index (χ1v) is 6.87. The molecule has 0 aliphatic carbocycles. The third kappa shape index (κ3) is 5.33. The highest BCUT2D eigenvalue weighted by atomic mass is 16.5. The van der Waals surface area contributed by atoms with Gasteiger partial charge in [-0.2, -0.15) is 0 Å². The molecule has 1 amide bonds. The van der Waals surface area contributed by atoms with Gasteiger partial charge < -0.3 is 15.8 Å². The molecule has 5 heteroatoms. The molecule has 18 heavy (non-hydrogen) atoms. The molecule has 1 rings (SSSR count). The van der Waals surface area contributed by atoms with Crippen molar-refractivity contribution >= 4 is 5.91 Å². The number of carbonyl (C=O) groups excluding carboxylic acids is 1. The van der Waals surface area contributed by atoms with Crippen LogP contribution in [0.1, 0.15) is 26.2 Å². The van der Waals surface area contributed by atoms with E-state index in [1.165, 1.54) is 0 Å². The first-order chi connectivity index (χ1) is 8.67. The Morgan fingerprint density at radius 1 is 1.56 bits per heavy atom. The summed E-state index contributed by atoms with van der Waals surface area (Å²) in [5.74, 6) is 0.818. The first-order valence-electron chi connectivity index (χ1n) is 6.87. The predicted molar refractivity (Wildman–Crippen MR) is 72.3 cm³/mol. The van der Waals surface area contributed by atoms with E-state index in [0.717, 1.165) is 31.7 Å². The van der Waals surface area contributed by atoms with Crippen LogP contribution in [-0.2, 0) is 9.53 Å². The lowest BCUT2D eigenvalue weighted by molar-refractivity contribution is -0.123. The van der Waals surface area contributed by atoms with Crippen LogP contribution in [0.3, 0.4) is 0 Å². The highest BCUT2D eigenvalue weighted by molar-refractivity contribution is 5.78. The van der Waals surface area contributed by atoms with Crippen molar-refractivity contribution in [3.8, 4) is 0 Å². The van der Waals surface area contributed by atoms with E-state index in [0.29, 0.717) is 32.3 Å². The molecular weight excluding hydrogens is 230 g/mol. The van der Waals surface area contributed by atoms with Crippen molar-refractivity contribution < 1.29 is 9.53 Å². The summed E-state index contributed by atoms with van der Waals surface area (Å²) in [4.78, 5) is 14.0. The van der Waals surface area contributed by atoms with Crippen LogP contribution in [0.2, 0.25) is 0 Å². The quantitative estimate of drug-likeness (QED) is 0.639. The van der Waals surface area contributed by atoms with Crippen LogP contribution < -0.4 is 11.1 Å². The zero-order valence-electron chi connectivity index (χ0n) is 11.7. The van der Waals surface area contributed by atoms with Gasteiger partial charge in [-0.3, -0.25) is 9.69 Å². The van der Waals surface area contributed by atoms with Gasteiger partial charge in [-0.1, -0.05) is 6.92 Å². The Balaban J connectivity index is 2.25. The Morgan fingerprint density at radius 2 is 2.33 bits per heavy atom. The fourth-order valence-electron chi connectivity index (χ4n) is 2.44. The average Bonchev–Trinajstić information content (AvgIpc) is 2.37. The normalized spacial score (nSPS) is 25.1. The third-order valence-electron chi connectivity index (χ3n) is 3.57. The lowest BCUT2D eigenvalue weighted by Gasteiger charge is -2.37. The van der Waals surface area contributed by atoms with Crippen molar-refractivity contribution in [3.05, 3.63) is 0 Å². The maximum absolute atomic E-state index is 11.8. The molecule has 1 saturated heterocycles. The van der Waals surface area contributed by atoms with Crippen molar-refractivity contribution in [2.24, 2.45) is 11.7 Å². The molecule has 0 aromatic carbocycles. The van der Waals surface area contributed by atoms with Gasteiger partial charge in [0.25, 0.3) is 0 Å². The minimum atomic E-state index is 0.0964. The molecule has 0 spiro atoms. The molecule has 1 aliphatic heterocycles.